The highest BCUT2D eigenvalue weighted by Crippen LogP contribution is 2.38. The third kappa shape index (κ3) is 2.31. The number of morpholine rings is 1. The molecule has 0 spiro atoms. The molecule has 0 aromatic carbocycles. The second kappa shape index (κ2) is 5.69. The maximum Gasteiger partial charge on any atom is 0.244 e. The van der Waals surface area contributed by atoms with Crippen molar-refractivity contribution in [1.29, 1.82) is 0 Å². The highest BCUT2D eigenvalue weighted by atomic mass is 16.5. The van der Waals surface area contributed by atoms with Crippen molar-refractivity contribution in [2.45, 2.75) is 31.3 Å². The van der Waals surface area contributed by atoms with Crippen LogP contribution in [-0.4, -0.2) is 62.1 Å². The van der Waals surface area contributed by atoms with E-state index in [-0.39, 0.29) is 17.9 Å². The Kier molecular flexibility index (Phi) is 3.94. The number of carbonyl (C=O) groups is 2. The Labute approximate surface area is 119 Å². The first-order chi connectivity index (χ1) is 9.72. The molecule has 1 saturated carbocycles. The lowest BCUT2D eigenvalue weighted by atomic mass is 9.93. The Morgan fingerprint density at radius 3 is 3.00 bits per heavy atom. The molecule has 1 aliphatic carbocycles. The molecular formula is C14H23N3O3. The minimum Gasteiger partial charge on any atom is -0.377 e. The van der Waals surface area contributed by atoms with E-state index < -0.39 is 6.04 Å². The molecule has 0 aromatic heterocycles. The van der Waals surface area contributed by atoms with Gasteiger partial charge in [0.2, 0.25) is 11.8 Å². The minimum absolute atomic E-state index is 0.0799. The van der Waals surface area contributed by atoms with E-state index in [1.165, 1.54) is 12.8 Å². The Hall–Kier alpha value is -1.14. The van der Waals surface area contributed by atoms with Crippen LogP contribution in [0, 0.1) is 11.8 Å². The zero-order valence-electron chi connectivity index (χ0n) is 11.9. The number of amides is 2. The normalized spacial score (nSPS) is 36.8. The molecular weight excluding hydrogens is 258 g/mol. The molecule has 3 aliphatic rings. The van der Waals surface area contributed by atoms with Crippen LogP contribution in [0.1, 0.15) is 19.3 Å². The molecule has 2 heterocycles. The molecule has 2 saturated heterocycles. The maximum absolute atomic E-state index is 12.8. The predicted molar refractivity (Wildman–Crippen MR) is 73.0 cm³/mol. The van der Waals surface area contributed by atoms with Gasteiger partial charge in [-0.05, 0) is 31.2 Å². The van der Waals surface area contributed by atoms with E-state index in [0.29, 0.717) is 31.6 Å². The van der Waals surface area contributed by atoms with E-state index in [1.54, 1.807) is 11.9 Å². The van der Waals surface area contributed by atoms with E-state index in [1.807, 2.05) is 0 Å². The molecule has 2 amide bonds. The molecule has 4 unspecified atom stereocenters. The molecule has 0 radical (unpaired) electrons. The standard InChI is InChI=1S/C14H23N3O3/c1-15-13(18)11-8-20-6-5-17(11)14(19)12-10-4-2-3-9(10)7-16-12/h9-12,16H,2-8H2,1H3,(H,15,18). The van der Waals surface area contributed by atoms with Gasteiger partial charge in [-0.25, -0.2) is 0 Å². The SMILES string of the molecule is CNC(=O)C1COCCN1C(=O)C1NCC2CCCC21. The molecule has 2 aliphatic heterocycles. The average Bonchev–Trinajstić information content (AvgIpc) is 3.08. The highest BCUT2D eigenvalue weighted by molar-refractivity contribution is 5.90. The van der Waals surface area contributed by atoms with Crippen LogP contribution in [0.3, 0.4) is 0 Å². The van der Waals surface area contributed by atoms with Gasteiger partial charge in [-0.3, -0.25) is 9.59 Å². The Balaban J connectivity index is 1.72. The van der Waals surface area contributed by atoms with Gasteiger partial charge in [-0.1, -0.05) is 6.42 Å². The summed E-state index contributed by atoms with van der Waals surface area (Å²) in [7, 11) is 1.60. The number of ether oxygens (including phenoxy) is 1. The molecule has 6 nitrogen and oxygen atoms in total. The largest absolute Gasteiger partial charge is 0.377 e. The van der Waals surface area contributed by atoms with Crippen LogP contribution in [0.5, 0.6) is 0 Å². The van der Waals surface area contributed by atoms with E-state index in [4.69, 9.17) is 4.74 Å². The number of carbonyl (C=O) groups excluding carboxylic acids is 2. The van der Waals surface area contributed by atoms with Crippen LogP contribution < -0.4 is 10.6 Å². The number of nitrogens with one attached hydrogen (secondary N) is 2. The molecule has 0 aromatic rings. The summed E-state index contributed by atoms with van der Waals surface area (Å²) in [6.07, 6.45) is 3.58. The zero-order valence-corrected chi connectivity index (χ0v) is 11.9. The van der Waals surface area contributed by atoms with Gasteiger partial charge in [0.25, 0.3) is 0 Å². The van der Waals surface area contributed by atoms with E-state index in [0.717, 1.165) is 13.0 Å². The van der Waals surface area contributed by atoms with Gasteiger partial charge in [0.05, 0.1) is 19.3 Å². The van der Waals surface area contributed by atoms with Crippen LogP contribution in [0.2, 0.25) is 0 Å². The predicted octanol–water partition coefficient (Wildman–Crippen LogP) is -0.652. The summed E-state index contributed by atoms with van der Waals surface area (Å²) in [5, 5.41) is 5.99. The molecule has 4 atom stereocenters. The summed E-state index contributed by atoms with van der Waals surface area (Å²) in [5.74, 6) is 1.04. The van der Waals surface area contributed by atoms with E-state index >= 15 is 0 Å². The van der Waals surface area contributed by atoms with Crippen LogP contribution in [0.4, 0.5) is 0 Å². The van der Waals surface area contributed by atoms with Crippen molar-refractivity contribution in [3.05, 3.63) is 0 Å². The molecule has 0 bridgehead atoms. The summed E-state index contributed by atoms with van der Waals surface area (Å²) in [6.45, 7) is 2.26. The van der Waals surface area contributed by atoms with Crippen molar-refractivity contribution >= 4 is 11.8 Å². The number of hydrogen-bond acceptors (Lipinski definition) is 4. The summed E-state index contributed by atoms with van der Waals surface area (Å²) < 4.78 is 5.36. The third-order valence-corrected chi connectivity index (χ3v) is 4.97. The fourth-order valence-corrected chi connectivity index (χ4v) is 3.89. The molecule has 6 heteroatoms. The Morgan fingerprint density at radius 1 is 1.35 bits per heavy atom. The number of rotatable bonds is 2. The maximum atomic E-state index is 12.8. The molecule has 3 rings (SSSR count). The van der Waals surface area contributed by atoms with Gasteiger partial charge in [0, 0.05) is 13.6 Å². The molecule has 2 N–H and O–H groups in total. The van der Waals surface area contributed by atoms with Crippen molar-refractivity contribution in [3.8, 4) is 0 Å². The van der Waals surface area contributed by atoms with Crippen molar-refractivity contribution in [3.63, 3.8) is 0 Å². The summed E-state index contributed by atoms with van der Waals surface area (Å²) in [4.78, 5) is 26.4. The second-order valence-electron chi connectivity index (χ2n) is 5.98. The quantitative estimate of drug-likeness (QED) is 0.705. The van der Waals surface area contributed by atoms with Crippen LogP contribution >= 0.6 is 0 Å². The second-order valence-corrected chi connectivity index (χ2v) is 5.98. The van der Waals surface area contributed by atoms with Crippen molar-refractivity contribution in [1.82, 2.24) is 15.5 Å². The van der Waals surface area contributed by atoms with Crippen molar-refractivity contribution < 1.29 is 14.3 Å². The average molecular weight is 281 g/mol. The van der Waals surface area contributed by atoms with Crippen LogP contribution in [-0.2, 0) is 14.3 Å². The van der Waals surface area contributed by atoms with Crippen LogP contribution in [0.15, 0.2) is 0 Å². The fraction of sp³-hybridized carbons (Fsp3) is 0.857. The lowest BCUT2D eigenvalue weighted by molar-refractivity contribution is -0.150. The molecule has 20 heavy (non-hydrogen) atoms. The lowest BCUT2D eigenvalue weighted by Gasteiger charge is -2.36. The zero-order chi connectivity index (χ0) is 14.1. The first-order valence-corrected chi connectivity index (χ1v) is 7.55. The summed E-state index contributed by atoms with van der Waals surface area (Å²) in [6, 6.07) is -0.587. The first-order valence-electron chi connectivity index (χ1n) is 7.55. The smallest absolute Gasteiger partial charge is 0.244 e. The fourth-order valence-electron chi connectivity index (χ4n) is 3.89. The van der Waals surface area contributed by atoms with E-state index in [9.17, 15) is 9.59 Å². The minimum atomic E-state index is -0.483. The number of nitrogens with zero attached hydrogens (tertiary/aromatic N) is 1. The van der Waals surface area contributed by atoms with Gasteiger partial charge in [0.1, 0.15) is 6.04 Å². The van der Waals surface area contributed by atoms with Gasteiger partial charge in [-0.2, -0.15) is 0 Å². The summed E-state index contributed by atoms with van der Waals surface area (Å²) >= 11 is 0. The Morgan fingerprint density at radius 2 is 2.20 bits per heavy atom. The first kappa shape index (κ1) is 13.8. The van der Waals surface area contributed by atoms with Gasteiger partial charge >= 0.3 is 0 Å². The third-order valence-electron chi connectivity index (χ3n) is 4.97. The van der Waals surface area contributed by atoms with Gasteiger partial charge in [-0.15, -0.1) is 0 Å². The molecule has 3 fully saturated rings. The lowest BCUT2D eigenvalue weighted by Crippen LogP contribution is -2.59. The monoisotopic (exact) mass is 281 g/mol. The topological polar surface area (TPSA) is 70.7 Å². The van der Waals surface area contributed by atoms with Crippen molar-refractivity contribution in [2.24, 2.45) is 11.8 Å². The van der Waals surface area contributed by atoms with Crippen LogP contribution in [0.25, 0.3) is 0 Å². The number of likely N-dealkylation sites (N-methyl/N-ethyl adjacent to an activating group) is 1. The molecule has 112 valence electrons. The van der Waals surface area contributed by atoms with Gasteiger partial charge in [0.15, 0.2) is 0 Å². The van der Waals surface area contributed by atoms with E-state index in [2.05, 4.69) is 10.6 Å². The number of fused-ring (bicyclic) bond motifs is 1. The highest BCUT2D eigenvalue weighted by Gasteiger charge is 2.45. The van der Waals surface area contributed by atoms with Gasteiger partial charge < -0.3 is 20.3 Å². The Bertz CT molecular complexity index is 401. The number of hydrogen-bond donors (Lipinski definition) is 2. The summed E-state index contributed by atoms with van der Waals surface area (Å²) in [5.41, 5.74) is 0. The van der Waals surface area contributed by atoms with Crippen molar-refractivity contribution in [2.75, 3.05) is 33.4 Å².